The predicted octanol–water partition coefficient (Wildman–Crippen LogP) is 2.93. The van der Waals surface area contributed by atoms with Gasteiger partial charge in [-0.1, -0.05) is 6.07 Å². The molecule has 1 aromatic carbocycles. The molecule has 0 radical (unpaired) electrons. The lowest BCUT2D eigenvalue weighted by atomic mass is 10.0. The zero-order chi connectivity index (χ0) is 17.5. The van der Waals surface area contributed by atoms with Gasteiger partial charge in [0.15, 0.2) is 5.13 Å². The summed E-state index contributed by atoms with van der Waals surface area (Å²) >= 11 is 1.58. The Morgan fingerprint density at radius 2 is 1.88 bits per heavy atom. The highest BCUT2D eigenvalue weighted by molar-refractivity contribution is 7.89. The van der Waals surface area contributed by atoms with Crippen molar-refractivity contribution in [2.24, 2.45) is 0 Å². The zero-order valence-electron chi connectivity index (χ0n) is 14.5. The largest absolute Gasteiger partial charge is 0.346 e. The minimum absolute atomic E-state index is 0.0847. The summed E-state index contributed by atoms with van der Waals surface area (Å²) in [4.78, 5) is 6.88. The van der Waals surface area contributed by atoms with Crippen molar-refractivity contribution in [3.63, 3.8) is 0 Å². The van der Waals surface area contributed by atoms with Crippen LogP contribution in [0, 0.1) is 27.7 Å². The van der Waals surface area contributed by atoms with Crippen LogP contribution in [0.1, 0.15) is 28.7 Å². The standard InChI is InChI=1S/C17H23N3O2S2/c1-11-9-12(2)14(4)16(13(11)3)24(21,22)19-15-5-7-20(10-15)17-18-6-8-23-17/h6,8-9,15,19H,5,7,10H2,1-4H3. The molecule has 0 spiro atoms. The van der Waals surface area contributed by atoms with Gasteiger partial charge in [0, 0.05) is 30.7 Å². The van der Waals surface area contributed by atoms with E-state index in [9.17, 15) is 8.42 Å². The number of rotatable bonds is 4. The molecule has 1 saturated heterocycles. The Labute approximate surface area is 147 Å². The van der Waals surface area contributed by atoms with Gasteiger partial charge in [0.1, 0.15) is 0 Å². The molecule has 0 bridgehead atoms. The second-order valence-electron chi connectivity index (χ2n) is 6.46. The molecule has 1 N–H and O–H groups in total. The Kier molecular flexibility index (Phi) is 4.68. The van der Waals surface area contributed by atoms with Crippen LogP contribution in [0.15, 0.2) is 22.5 Å². The summed E-state index contributed by atoms with van der Waals surface area (Å²) in [6.45, 7) is 9.17. The third-order valence-electron chi connectivity index (χ3n) is 4.77. The first-order valence-electron chi connectivity index (χ1n) is 8.04. The van der Waals surface area contributed by atoms with Crippen LogP contribution in [0.3, 0.4) is 0 Å². The maximum Gasteiger partial charge on any atom is 0.241 e. The Morgan fingerprint density at radius 1 is 1.21 bits per heavy atom. The van der Waals surface area contributed by atoms with Gasteiger partial charge in [0.05, 0.1) is 4.90 Å². The monoisotopic (exact) mass is 365 g/mol. The normalized spacial score (nSPS) is 18.3. The second kappa shape index (κ2) is 6.46. The van der Waals surface area contributed by atoms with Gasteiger partial charge in [-0.3, -0.25) is 0 Å². The van der Waals surface area contributed by atoms with E-state index in [1.54, 1.807) is 17.5 Å². The van der Waals surface area contributed by atoms with Crippen molar-refractivity contribution < 1.29 is 8.42 Å². The van der Waals surface area contributed by atoms with E-state index in [4.69, 9.17) is 0 Å². The van der Waals surface area contributed by atoms with Gasteiger partial charge in [-0.25, -0.2) is 18.1 Å². The maximum atomic E-state index is 13.0. The number of hydrogen-bond donors (Lipinski definition) is 1. The lowest BCUT2D eigenvalue weighted by Gasteiger charge is -2.19. The highest BCUT2D eigenvalue weighted by Crippen LogP contribution is 2.28. The van der Waals surface area contributed by atoms with Crippen molar-refractivity contribution in [1.82, 2.24) is 9.71 Å². The number of anilines is 1. The van der Waals surface area contributed by atoms with E-state index in [1.807, 2.05) is 39.1 Å². The number of thiazole rings is 1. The molecule has 0 amide bonds. The van der Waals surface area contributed by atoms with Crippen molar-refractivity contribution in [2.75, 3.05) is 18.0 Å². The van der Waals surface area contributed by atoms with Crippen LogP contribution < -0.4 is 9.62 Å². The van der Waals surface area contributed by atoms with Gasteiger partial charge >= 0.3 is 0 Å². The van der Waals surface area contributed by atoms with Crippen LogP contribution in [0.2, 0.25) is 0 Å². The fraction of sp³-hybridized carbons (Fsp3) is 0.471. The van der Waals surface area contributed by atoms with E-state index in [2.05, 4.69) is 14.6 Å². The first-order valence-corrected chi connectivity index (χ1v) is 10.4. The summed E-state index contributed by atoms with van der Waals surface area (Å²) in [6, 6.07) is 1.96. The highest BCUT2D eigenvalue weighted by Gasteiger charge is 2.30. The molecule has 1 aliphatic heterocycles. The van der Waals surface area contributed by atoms with Gasteiger partial charge in [-0.15, -0.1) is 11.3 Å². The molecule has 1 aliphatic rings. The first kappa shape index (κ1) is 17.4. The lowest BCUT2D eigenvalue weighted by Crippen LogP contribution is -2.37. The molecular weight excluding hydrogens is 342 g/mol. The quantitative estimate of drug-likeness (QED) is 0.905. The predicted molar refractivity (Wildman–Crippen MR) is 98.4 cm³/mol. The molecule has 0 saturated carbocycles. The molecule has 7 heteroatoms. The van der Waals surface area contributed by atoms with Gasteiger partial charge < -0.3 is 4.90 Å². The smallest absolute Gasteiger partial charge is 0.241 e. The number of aromatic nitrogens is 1. The highest BCUT2D eigenvalue weighted by atomic mass is 32.2. The number of benzene rings is 1. The summed E-state index contributed by atoms with van der Waals surface area (Å²) in [5.74, 6) is 0. The van der Waals surface area contributed by atoms with E-state index in [0.29, 0.717) is 11.4 Å². The third kappa shape index (κ3) is 3.20. The summed E-state index contributed by atoms with van der Waals surface area (Å²) in [7, 11) is -3.54. The van der Waals surface area contributed by atoms with Crippen molar-refractivity contribution in [2.45, 2.75) is 45.1 Å². The number of hydrogen-bond acceptors (Lipinski definition) is 5. The van der Waals surface area contributed by atoms with E-state index < -0.39 is 10.0 Å². The van der Waals surface area contributed by atoms with Gasteiger partial charge in [-0.05, 0) is 56.4 Å². The Bertz CT molecular complexity index is 819. The molecule has 3 rings (SSSR count). The summed E-state index contributed by atoms with van der Waals surface area (Å²) in [5.41, 5.74) is 3.68. The fourth-order valence-electron chi connectivity index (χ4n) is 3.26. The fourth-order valence-corrected chi connectivity index (χ4v) is 5.82. The third-order valence-corrected chi connectivity index (χ3v) is 7.39. The average Bonchev–Trinajstić information content (AvgIpc) is 3.15. The van der Waals surface area contributed by atoms with Crippen LogP contribution >= 0.6 is 11.3 Å². The summed E-state index contributed by atoms with van der Waals surface area (Å²) < 4.78 is 28.9. The van der Waals surface area contributed by atoms with Crippen molar-refractivity contribution in [3.8, 4) is 0 Å². The maximum absolute atomic E-state index is 13.0. The van der Waals surface area contributed by atoms with Gasteiger partial charge in [0.25, 0.3) is 0 Å². The van der Waals surface area contributed by atoms with Crippen LogP contribution in [0.25, 0.3) is 0 Å². The SMILES string of the molecule is Cc1cc(C)c(C)c(S(=O)(=O)NC2CCN(c3nccs3)C2)c1C. The summed E-state index contributed by atoms with van der Waals surface area (Å²) in [5, 5.41) is 2.89. The second-order valence-corrected chi connectivity index (χ2v) is 8.98. The number of nitrogens with zero attached hydrogens (tertiary/aromatic N) is 2. The van der Waals surface area contributed by atoms with Gasteiger partial charge in [0.2, 0.25) is 10.0 Å². The molecule has 1 atom stereocenters. The Hall–Kier alpha value is -1.44. The Balaban J connectivity index is 1.83. The topological polar surface area (TPSA) is 62.3 Å². The van der Waals surface area contributed by atoms with Crippen molar-refractivity contribution >= 4 is 26.5 Å². The molecule has 1 fully saturated rings. The molecule has 1 aromatic heterocycles. The molecule has 130 valence electrons. The van der Waals surface area contributed by atoms with Crippen molar-refractivity contribution in [3.05, 3.63) is 39.9 Å². The van der Waals surface area contributed by atoms with E-state index in [1.165, 1.54) is 0 Å². The Morgan fingerprint density at radius 3 is 2.46 bits per heavy atom. The number of sulfonamides is 1. The van der Waals surface area contributed by atoms with Gasteiger partial charge in [-0.2, -0.15) is 0 Å². The van der Waals surface area contributed by atoms with Crippen molar-refractivity contribution in [1.29, 1.82) is 0 Å². The molecule has 5 nitrogen and oxygen atoms in total. The average molecular weight is 366 g/mol. The molecule has 24 heavy (non-hydrogen) atoms. The molecule has 1 unspecified atom stereocenters. The van der Waals surface area contributed by atoms with Crippen LogP contribution in [0.4, 0.5) is 5.13 Å². The molecule has 0 aliphatic carbocycles. The molecule has 2 aromatic rings. The van der Waals surface area contributed by atoms with Crippen LogP contribution in [-0.2, 0) is 10.0 Å². The number of aryl methyl sites for hydroxylation is 2. The van der Waals surface area contributed by atoms with Crippen LogP contribution in [-0.4, -0.2) is 32.5 Å². The molecular formula is C17H23N3O2S2. The zero-order valence-corrected chi connectivity index (χ0v) is 16.1. The van der Waals surface area contributed by atoms with E-state index in [0.717, 1.165) is 40.4 Å². The molecule has 2 heterocycles. The summed E-state index contributed by atoms with van der Waals surface area (Å²) in [6.07, 6.45) is 2.57. The number of nitrogens with one attached hydrogen (secondary N) is 1. The van der Waals surface area contributed by atoms with E-state index in [-0.39, 0.29) is 6.04 Å². The first-order chi connectivity index (χ1) is 11.3. The lowest BCUT2D eigenvalue weighted by molar-refractivity contribution is 0.560. The van der Waals surface area contributed by atoms with Crippen LogP contribution in [0.5, 0.6) is 0 Å². The minimum Gasteiger partial charge on any atom is -0.346 e. The van der Waals surface area contributed by atoms with E-state index >= 15 is 0 Å². The minimum atomic E-state index is -3.54.